The molecule has 2 aromatic carbocycles. The summed E-state index contributed by atoms with van der Waals surface area (Å²) in [4.78, 5) is 4.08. The quantitative estimate of drug-likeness (QED) is 0.526. The first-order chi connectivity index (χ1) is 10.3. The van der Waals surface area contributed by atoms with E-state index in [1.165, 1.54) is 12.1 Å². The predicted octanol–water partition coefficient (Wildman–Crippen LogP) is 5.97. The molecule has 0 bridgehead atoms. The molecular formula is C16H10Br2F3N. The summed E-state index contributed by atoms with van der Waals surface area (Å²) in [6.45, 7) is 0. The molecule has 0 unspecified atom stereocenters. The summed E-state index contributed by atoms with van der Waals surface area (Å²) in [5.41, 5.74) is -0.739. The van der Waals surface area contributed by atoms with Gasteiger partial charge >= 0.3 is 6.18 Å². The topological polar surface area (TPSA) is 12.4 Å². The normalized spacial score (nSPS) is 20.8. The average molecular weight is 433 g/mol. The third-order valence-electron chi connectivity index (χ3n) is 3.80. The fourth-order valence-corrected chi connectivity index (χ4v) is 3.28. The molecule has 0 fully saturated rings. The molecule has 1 atom stereocenters. The Morgan fingerprint density at radius 1 is 0.955 bits per heavy atom. The Hall–Kier alpha value is -1.14. The Bertz CT molecular complexity index is 738. The van der Waals surface area contributed by atoms with Crippen molar-refractivity contribution in [1.29, 1.82) is 0 Å². The number of hydrogen-bond acceptors (Lipinski definition) is 1. The van der Waals surface area contributed by atoms with Gasteiger partial charge in [0.1, 0.15) is 5.41 Å². The zero-order chi connectivity index (χ0) is 16.0. The third-order valence-corrected chi connectivity index (χ3v) is 4.82. The van der Waals surface area contributed by atoms with E-state index < -0.39 is 11.6 Å². The second kappa shape index (κ2) is 5.49. The first-order valence-corrected chi connectivity index (χ1v) is 8.07. The van der Waals surface area contributed by atoms with Crippen LogP contribution in [0.1, 0.15) is 11.1 Å². The first-order valence-electron chi connectivity index (χ1n) is 6.48. The number of alkyl halides is 3. The molecule has 0 saturated heterocycles. The summed E-state index contributed by atoms with van der Waals surface area (Å²) in [7, 11) is 0. The van der Waals surface area contributed by atoms with Crippen molar-refractivity contribution in [2.24, 2.45) is 4.99 Å². The van der Waals surface area contributed by atoms with Gasteiger partial charge in [0.15, 0.2) is 0 Å². The fraction of sp³-hybridized carbons (Fsp3) is 0.188. The van der Waals surface area contributed by atoms with Crippen LogP contribution in [0.15, 0.2) is 56.4 Å². The van der Waals surface area contributed by atoms with Crippen LogP contribution in [-0.4, -0.2) is 12.4 Å². The van der Waals surface area contributed by atoms with Gasteiger partial charge in [-0.25, -0.2) is 0 Å². The van der Waals surface area contributed by atoms with E-state index in [2.05, 4.69) is 36.9 Å². The van der Waals surface area contributed by atoms with Crippen molar-refractivity contribution in [3.8, 4) is 0 Å². The van der Waals surface area contributed by atoms with E-state index in [4.69, 9.17) is 0 Å². The molecule has 1 nitrogen and oxygen atoms in total. The molecule has 1 heterocycles. The highest BCUT2D eigenvalue weighted by atomic mass is 79.9. The fourth-order valence-electron chi connectivity index (χ4n) is 2.61. The van der Waals surface area contributed by atoms with Gasteiger partial charge in [-0.15, -0.1) is 0 Å². The molecule has 0 aromatic heterocycles. The van der Waals surface area contributed by atoms with E-state index in [-0.39, 0.29) is 12.0 Å². The highest BCUT2D eigenvalue weighted by molar-refractivity contribution is 9.10. The maximum Gasteiger partial charge on any atom is 0.403 e. The van der Waals surface area contributed by atoms with Crippen molar-refractivity contribution in [3.63, 3.8) is 0 Å². The van der Waals surface area contributed by atoms with E-state index in [0.29, 0.717) is 11.3 Å². The molecule has 1 aliphatic heterocycles. The Morgan fingerprint density at radius 2 is 1.59 bits per heavy atom. The van der Waals surface area contributed by atoms with Crippen LogP contribution in [0.5, 0.6) is 0 Å². The van der Waals surface area contributed by atoms with Gasteiger partial charge in [0.25, 0.3) is 0 Å². The lowest BCUT2D eigenvalue weighted by Gasteiger charge is -2.35. The molecule has 6 heteroatoms. The zero-order valence-corrected chi connectivity index (χ0v) is 14.3. The van der Waals surface area contributed by atoms with Crippen molar-refractivity contribution in [2.75, 3.05) is 0 Å². The predicted molar refractivity (Wildman–Crippen MR) is 87.9 cm³/mol. The van der Waals surface area contributed by atoms with Crippen molar-refractivity contribution >= 4 is 43.8 Å². The number of benzene rings is 2. The van der Waals surface area contributed by atoms with Crippen LogP contribution in [0.4, 0.5) is 18.9 Å². The molecule has 0 aliphatic carbocycles. The minimum Gasteiger partial charge on any atom is -0.260 e. The summed E-state index contributed by atoms with van der Waals surface area (Å²) < 4.78 is 43.1. The maximum atomic E-state index is 13.9. The number of hydrogen-bond donors (Lipinski definition) is 0. The van der Waals surface area contributed by atoms with E-state index in [0.717, 1.165) is 15.2 Å². The lowest BCUT2D eigenvalue weighted by molar-refractivity contribution is -0.168. The van der Waals surface area contributed by atoms with E-state index in [1.807, 2.05) is 0 Å². The molecule has 114 valence electrons. The van der Waals surface area contributed by atoms with Gasteiger partial charge in [-0.2, -0.15) is 13.2 Å². The van der Waals surface area contributed by atoms with Gasteiger partial charge in [0.2, 0.25) is 0 Å². The summed E-state index contributed by atoms with van der Waals surface area (Å²) in [6.07, 6.45) is -3.55. The SMILES string of the molecule is FC(F)(F)[C@]1(c2ccc(Br)cc2)C=Nc2ccc(Br)cc2C1. The van der Waals surface area contributed by atoms with Gasteiger partial charge in [-0.3, -0.25) is 4.99 Å². The molecule has 0 N–H and O–H groups in total. The van der Waals surface area contributed by atoms with Gasteiger partial charge < -0.3 is 0 Å². The monoisotopic (exact) mass is 431 g/mol. The highest BCUT2D eigenvalue weighted by Gasteiger charge is 2.56. The Morgan fingerprint density at radius 3 is 2.23 bits per heavy atom. The van der Waals surface area contributed by atoms with E-state index in [9.17, 15) is 13.2 Å². The summed E-state index contributed by atoms with van der Waals surface area (Å²) in [5, 5.41) is 0. The van der Waals surface area contributed by atoms with Gasteiger partial charge in [-0.1, -0.05) is 44.0 Å². The number of nitrogens with zero attached hydrogens (tertiary/aromatic N) is 1. The van der Waals surface area contributed by atoms with Gasteiger partial charge in [-0.05, 0) is 47.9 Å². The summed E-state index contributed by atoms with van der Waals surface area (Å²) in [5.74, 6) is 0. The van der Waals surface area contributed by atoms with Crippen LogP contribution in [0, 0.1) is 0 Å². The molecule has 0 amide bonds. The van der Waals surface area contributed by atoms with Crippen LogP contribution in [0.2, 0.25) is 0 Å². The minimum absolute atomic E-state index is 0.156. The Kier molecular flexibility index (Phi) is 3.93. The molecular weight excluding hydrogens is 423 g/mol. The van der Waals surface area contributed by atoms with Crippen LogP contribution in [-0.2, 0) is 11.8 Å². The maximum absolute atomic E-state index is 13.9. The highest BCUT2D eigenvalue weighted by Crippen LogP contribution is 2.46. The number of aliphatic imine (C=N–C) groups is 1. The van der Waals surface area contributed by atoms with Crippen molar-refractivity contribution in [1.82, 2.24) is 0 Å². The summed E-state index contributed by atoms with van der Waals surface area (Å²) in [6, 6.07) is 11.4. The largest absolute Gasteiger partial charge is 0.403 e. The van der Waals surface area contributed by atoms with Crippen molar-refractivity contribution < 1.29 is 13.2 Å². The first kappa shape index (κ1) is 15.7. The zero-order valence-electron chi connectivity index (χ0n) is 11.2. The smallest absolute Gasteiger partial charge is 0.260 e. The Balaban J connectivity index is 2.16. The van der Waals surface area contributed by atoms with Crippen molar-refractivity contribution in [3.05, 3.63) is 62.5 Å². The Labute approximate surface area is 142 Å². The second-order valence-electron chi connectivity index (χ2n) is 5.18. The van der Waals surface area contributed by atoms with Crippen LogP contribution >= 0.6 is 31.9 Å². The van der Waals surface area contributed by atoms with Gasteiger partial charge in [0, 0.05) is 15.2 Å². The summed E-state index contributed by atoms with van der Waals surface area (Å²) >= 11 is 6.56. The lowest BCUT2D eigenvalue weighted by atomic mass is 9.74. The van der Waals surface area contributed by atoms with Crippen molar-refractivity contribution in [2.45, 2.75) is 18.0 Å². The molecule has 22 heavy (non-hydrogen) atoms. The molecule has 3 rings (SSSR count). The van der Waals surface area contributed by atoms with Gasteiger partial charge in [0.05, 0.1) is 5.69 Å². The third kappa shape index (κ3) is 2.63. The lowest BCUT2D eigenvalue weighted by Crippen LogP contribution is -2.47. The van der Waals surface area contributed by atoms with E-state index >= 15 is 0 Å². The minimum atomic E-state index is -4.43. The van der Waals surface area contributed by atoms with Crippen LogP contribution in [0.3, 0.4) is 0 Å². The van der Waals surface area contributed by atoms with Crippen LogP contribution in [0.25, 0.3) is 0 Å². The second-order valence-corrected chi connectivity index (χ2v) is 7.02. The molecule has 1 aliphatic rings. The number of halogens is 5. The standard InChI is InChI=1S/C16H10Br2F3N/c17-12-3-1-11(2-4-12)15(16(19,20)21)8-10-7-13(18)5-6-14(10)22-9-15/h1-7,9H,8H2/t15-/m0/s1. The molecule has 0 radical (unpaired) electrons. The average Bonchev–Trinajstić information content (AvgIpc) is 2.46. The molecule has 2 aromatic rings. The molecule has 0 saturated carbocycles. The number of fused-ring (bicyclic) bond motifs is 1. The van der Waals surface area contributed by atoms with Crippen LogP contribution < -0.4 is 0 Å². The molecule has 0 spiro atoms. The van der Waals surface area contributed by atoms with E-state index in [1.54, 1.807) is 30.3 Å². The number of rotatable bonds is 1.